The third kappa shape index (κ3) is 2.80. The molecule has 1 aliphatic carbocycles. The first kappa shape index (κ1) is 14.2. The zero-order valence-electron chi connectivity index (χ0n) is 11.7. The van der Waals surface area contributed by atoms with E-state index in [4.69, 9.17) is 26.8 Å². The van der Waals surface area contributed by atoms with Crippen LogP contribution in [0.25, 0.3) is 0 Å². The standard InChI is InChI=1S/C16H22ClNO2/c17-14-5-3-4-12(11-18)15(14)20-13-6-9-19-16(10-13)7-1-2-8-16/h3-5,13H,1-2,6-11,18H2. The van der Waals surface area contributed by atoms with Crippen molar-refractivity contribution in [3.8, 4) is 5.75 Å². The molecule has 1 aromatic carbocycles. The number of halogens is 1. The fourth-order valence-electron chi connectivity index (χ4n) is 3.46. The van der Waals surface area contributed by atoms with Gasteiger partial charge in [-0.2, -0.15) is 0 Å². The number of hydrogen-bond donors (Lipinski definition) is 1. The topological polar surface area (TPSA) is 44.5 Å². The molecule has 1 spiro atoms. The quantitative estimate of drug-likeness (QED) is 0.925. The van der Waals surface area contributed by atoms with Crippen molar-refractivity contribution < 1.29 is 9.47 Å². The van der Waals surface area contributed by atoms with Crippen molar-refractivity contribution >= 4 is 11.6 Å². The van der Waals surface area contributed by atoms with Crippen LogP contribution in [0, 0.1) is 0 Å². The molecule has 110 valence electrons. The predicted molar refractivity (Wildman–Crippen MR) is 80.1 cm³/mol. The second-order valence-corrected chi connectivity index (χ2v) is 6.31. The molecule has 1 aliphatic heterocycles. The average Bonchev–Trinajstić information content (AvgIpc) is 2.89. The Morgan fingerprint density at radius 3 is 2.90 bits per heavy atom. The number of para-hydroxylation sites is 1. The van der Waals surface area contributed by atoms with Gasteiger partial charge >= 0.3 is 0 Å². The van der Waals surface area contributed by atoms with Crippen LogP contribution < -0.4 is 10.5 Å². The fourth-order valence-corrected chi connectivity index (χ4v) is 3.70. The van der Waals surface area contributed by atoms with E-state index in [1.807, 2.05) is 18.2 Å². The third-order valence-corrected chi connectivity index (χ3v) is 4.81. The molecule has 0 amide bonds. The highest BCUT2D eigenvalue weighted by atomic mass is 35.5. The van der Waals surface area contributed by atoms with E-state index >= 15 is 0 Å². The van der Waals surface area contributed by atoms with E-state index in [0.717, 1.165) is 30.8 Å². The van der Waals surface area contributed by atoms with Gasteiger partial charge in [0.15, 0.2) is 0 Å². The van der Waals surface area contributed by atoms with E-state index in [9.17, 15) is 0 Å². The van der Waals surface area contributed by atoms with E-state index in [2.05, 4.69) is 0 Å². The van der Waals surface area contributed by atoms with Crippen LogP contribution in [0.3, 0.4) is 0 Å². The Balaban J connectivity index is 1.74. The van der Waals surface area contributed by atoms with Crippen molar-refractivity contribution in [2.45, 2.75) is 56.8 Å². The molecule has 1 unspecified atom stereocenters. The molecule has 2 aliphatic rings. The van der Waals surface area contributed by atoms with Crippen LogP contribution in [0.15, 0.2) is 18.2 Å². The van der Waals surface area contributed by atoms with Gasteiger partial charge in [0, 0.05) is 24.9 Å². The van der Waals surface area contributed by atoms with Gasteiger partial charge in [-0.3, -0.25) is 0 Å². The molecular weight excluding hydrogens is 274 g/mol. The lowest BCUT2D eigenvalue weighted by Gasteiger charge is -2.38. The van der Waals surface area contributed by atoms with Crippen LogP contribution in [-0.4, -0.2) is 18.3 Å². The fraction of sp³-hybridized carbons (Fsp3) is 0.625. The summed E-state index contributed by atoms with van der Waals surface area (Å²) in [6.45, 7) is 1.23. The molecule has 0 bridgehead atoms. The largest absolute Gasteiger partial charge is 0.488 e. The van der Waals surface area contributed by atoms with E-state index in [-0.39, 0.29) is 11.7 Å². The monoisotopic (exact) mass is 295 g/mol. The molecule has 20 heavy (non-hydrogen) atoms. The Bertz CT molecular complexity index is 472. The minimum atomic E-state index is 0.0626. The van der Waals surface area contributed by atoms with Crippen molar-refractivity contribution in [3.63, 3.8) is 0 Å². The smallest absolute Gasteiger partial charge is 0.142 e. The van der Waals surface area contributed by atoms with Crippen molar-refractivity contribution in [1.29, 1.82) is 0 Å². The van der Waals surface area contributed by atoms with Crippen LogP contribution in [0.2, 0.25) is 5.02 Å². The first-order valence-corrected chi connectivity index (χ1v) is 7.88. The molecule has 2 N–H and O–H groups in total. The van der Waals surface area contributed by atoms with Crippen LogP contribution in [0.5, 0.6) is 5.75 Å². The van der Waals surface area contributed by atoms with Gasteiger partial charge in [-0.15, -0.1) is 0 Å². The minimum absolute atomic E-state index is 0.0626. The summed E-state index contributed by atoms with van der Waals surface area (Å²) < 4.78 is 12.2. The number of ether oxygens (including phenoxy) is 2. The molecule has 1 saturated carbocycles. The summed E-state index contributed by atoms with van der Waals surface area (Å²) in [5, 5.41) is 0.653. The van der Waals surface area contributed by atoms with E-state index in [1.165, 1.54) is 25.7 Å². The van der Waals surface area contributed by atoms with Gasteiger partial charge in [0.25, 0.3) is 0 Å². The van der Waals surface area contributed by atoms with Gasteiger partial charge in [-0.1, -0.05) is 36.6 Å². The first-order valence-electron chi connectivity index (χ1n) is 7.50. The van der Waals surface area contributed by atoms with Crippen molar-refractivity contribution in [1.82, 2.24) is 0 Å². The number of nitrogens with two attached hydrogens (primary N) is 1. The van der Waals surface area contributed by atoms with Gasteiger partial charge in [-0.25, -0.2) is 0 Å². The Kier molecular flexibility index (Phi) is 4.20. The molecule has 1 heterocycles. The highest BCUT2D eigenvalue weighted by molar-refractivity contribution is 6.32. The first-order chi connectivity index (χ1) is 9.72. The van der Waals surface area contributed by atoms with Gasteiger partial charge in [-0.05, 0) is 18.9 Å². The van der Waals surface area contributed by atoms with E-state index in [1.54, 1.807) is 0 Å². The normalized spacial score (nSPS) is 25.0. The summed E-state index contributed by atoms with van der Waals surface area (Å²) in [7, 11) is 0. The summed E-state index contributed by atoms with van der Waals surface area (Å²) >= 11 is 6.27. The Labute approximate surface area is 125 Å². The lowest BCUT2D eigenvalue weighted by molar-refractivity contribution is -0.108. The molecular formula is C16H22ClNO2. The number of hydrogen-bond acceptors (Lipinski definition) is 3. The molecule has 1 atom stereocenters. The number of rotatable bonds is 3. The zero-order chi connectivity index (χ0) is 14.0. The summed E-state index contributed by atoms with van der Waals surface area (Å²) in [5.41, 5.74) is 6.82. The van der Waals surface area contributed by atoms with Crippen LogP contribution >= 0.6 is 11.6 Å². The average molecular weight is 296 g/mol. The van der Waals surface area contributed by atoms with E-state index in [0.29, 0.717) is 11.6 Å². The molecule has 1 aromatic rings. The summed E-state index contributed by atoms with van der Waals surface area (Å²) in [5.74, 6) is 0.761. The second kappa shape index (κ2) is 5.92. The Hall–Kier alpha value is -0.770. The highest BCUT2D eigenvalue weighted by Gasteiger charge is 2.40. The predicted octanol–water partition coefficient (Wildman–Crippen LogP) is 3.67. The summed E-state index contributed by atoms with van der Waals surface area (Å²) in [6.07, 6.45) is 6.96. The van der Waals surface area contributed by atoms with Crippen LogP contribution in [0.1, 0.15) is 44.1 Å². The van der Waals surface area contributed by atoms with Crippen LogP contribution in [-0.2, 0) is 11.3 Å². The van der Waals surface area contributed by atoms with Gasteiger partial charge in [0.1, 0.15) is 11.9 Å². The van der Waals surface area contributed by atoms with Crippen LogP contribution in [0.4, 0.5) is 0 Å². The maximum atomic E-state index is 6.27. The van der Waals surface area contributed by atoms with E-state index < -0.39 is 0 Å². The maximum absolute atomic E-state index is 6.27. The second-order valence-electron chi connectivity index (χ2n) is 5.90. The minimum Gasteiger partial charge on any atom is -0.488 e. The lowest BCUT2D eigenvalue weighted by Crippen LogP contribution is -2.41. The summed E-state index contributed by atoms with van der Waals surface area (Å²) in [6, 6.07) is 5.76. The van der Waals surface area contributed by atoms with Crippen molar-refractivity contribution in [2.75, 3.05) is 6.61 Å². The Morgan fingerprint density at radius 2 is 2.15 bits per heavy atom. The lowest BCUT2D eigenvalue weighted by atomic mass is 9.90. The molecule has 0 radical (unpaired) electrons. The summed E-state index contributed by atoms with van der Waals surface area (Å²) in [4.78, 5) is 0. The third-order valence-electron chi connectivity index (χ3n) is 4.52. The van der Waals surface area contributed by atoms with Gasteiger partial charge < -0.3 is 15.2 Å². The van der Waals surface area contributed by atoms with Gasteiger partial charge in [0.2, 0.25) is 0 Å². The molecule has 3 nitrogen and oxygen atoms in total. The zero-order valence-corrected chi connectivity index (χ0v) is 12.5. The highest BCUT2D eigenvalue weighted by Crippen LogP contribution is 2.41. The molecule has 4 heteroatoms. The maximum Gasteiger partial charge on any atom is 0.142 e. The van der Waals surface area contributed by atoms with Crippen molar-refractivity contribution in [2.24, 2.45) is 5.73 Å². The van der Waals surface area contributed by atoms with Gasteiger partial charge in [0.05, 0.1) is 17.2 Å². The molecule has 2 fully saturated rings. The molecule has 1 saturated heterocycles. The SMILES string of the molecule is NCc1cccc(Cl)c1OC1CCOC2(CCCC2)C1. The molecule has 3 rings (SSSR count). The molecule has 0 aromatic heterocycles. The Morgan fingerprint density at radius 1 is 1.35 bits per heavy atom. The van der Waals surface area contributed by atoms with Crippen molar-refractivity contribution in [3.05, 3.63) is 28.8 Å². The number of benzene rings is 1.